The summed E-state index contributed by atoms with van der Waals surface area (Å²) in [6.07, 6.45) is 0. The third-order valence-corrected chi connectivity index (χ3v) is 1.94. The summed E-state index contributed by atoms with van der Waals surface area (Å²) in [5.41, 5.74) is 1.06. The van der Waals surface area contributed by atoms with Gasteiger partial charge in [0, 0.05) is 5.56 Å². The fraction of sp³-hybridized carbons (Fsp3) is 0. The van der Waals surface area contributed by atoms with Crippen LogP contribution in [0.3, 0.4) is 0 Å². The van der Waals surface area contributed by atoms with Crippen molar-refractivity contribution in [3.8, 4) is 6.07 Å². The van der Waals surface area contributed by atoms with Crippen LogP contribution in [0.4, 0.5) is 0 Å². The Labute approximate surface area is 78.1 Å². The molecule has 0 radical (unpaired) electrons. The normalized spacial score (nSPS) is 10.8. The fourth-order valence-corrected chi connectivity index (χ4v) is 1.16. The summed E-state index contributed by atoms with van der Waals surface area (Å²) in [4.78, 5) is 0. The Bertz CT molecular complexity index is 354. The van der Waals surface area contributed by atoms with Crippen molar-refractivity contribution >= 4 is 20.6 Å². The molecule has 0 saturated heterocycles. The Morgan fingerprint density at radius 2 is 2.17 bits per heavy atom. The third-order valence-electron chi connectivity index (χ3n) is 1.36. The number of rotatable bonds is 1. The Hall–Kier alpha value is -1.34. The molecule has 0 atom stereocenters. The fourth-order valence-electron chi connectivity index (χ4n) is 0.814. The average Bonchev–Trinajstić information content (AvgIpc) is 2.16. The summed E-state index contributed by atoms with van der Waals surface area (Å²) in [5.74, 6) is 0. The molecule has 0 bridgehead atoms. The molecule has 1 rings (SSSR count). The van der Waals surface area contributed by atoms with Crippen molar-refractivity contribution < 1.29 is 5.21 Å². The lowest BCUT2D eigenvalue weighted by atomic mass is 10.1. The van der Waals surface area contributed by atoms with Crippen LogP contribution in [0.1, 0.15) is 11.1 Å². The monoisotopic (exact) mass is 224 g/mol. The van der Waals surface area contributed by atoms with Gasteiger partial charge in [0.25, 0.3) is 0 Å². The minimum atomic E-state index is 0.264. The number of nitrogens with zero attached hydrogens (tertiary/aromatic N) is 2. The lowest BCUT2D eigenvalue weighted by molar-refractivity contribution is 0.321. The first kappa shape index (κ1) is 8.75. The van der Waals surface area contributed by atoms with Crippen molar-refractivity contribution in [2.75, 3.05) is 0 Å². The van der Waals surface area contributed by atoms with Crippen LogP contribution in [-0.2, 0) is 0 Å². The van der Waals surface area contributed by atoms with Gasteiger partial charge in [-0.2, -0.15) is 5.26 Å². The Balaban J connectivity index is 3.25. The van der Waals surface area contributed by atoms with E-state index in [2.05, 4.69) is 21.1 Å². The van der Waals surface area contributed by atoms with Crippen LogP contribution in [0.5, 0.6) is 0 Å². The van der Waals surface area contributed by atoms with E-state index in [-0.39, 0.29) is 4.62 Å². The smallest absolute Gasteiger partial charge is 0.153 e. The van der Waals surface area contributed by atoms with Gasteiger partial charge in [0.15, 0.2) is 4.62 Å². The molecule has 4 heteroatoms. The molecule has 0 spiro atoms. The van der Waals surface area contributed by atoms with Crippen molar-refractivity contribution in [3.63, 3.8) is 0 Å². The molecule has 1 N–H and O–H groups in total. The van der Waals surface area contributed by atoms with Crippen LogP contribution in [0.2, 0.25) is 0 Å². The molecule has 0 aliphatic heterocycles. The van der Waals surface area contributed by atoms with Gasteiger partial charge in [-0.3, -0.25) is 0 Å². The van der Waals surface area contributed by atoms with Gasteiger partial charge in [-0.15, -0.1) is 0 Å². The zero-order valence-corrected chi connectivity index (χ0v) is 7.62. The summed E-state index contributed by atoms with van der Waals surface area (Å²) >= 11 is 3.03. The topological polar surface area (TPSA) is 56.4 Å². The first-order valence-corrected chi connectivity index (χ1v) is 3.96. The molecular formula is C8H5BrN2O. The first-order valence-electron chi connectivity index (χ1n) is 3.16. The van der Waals surface area contributed by atoms with Crippen molar-refractivity contribution in [3.05, 3.63) is 35.4 Å². The number of halogens is 1. The van der Waals surface area contributed by atoms with Gasteiger partial charge in [-0.1, -0.05) is 23.4 Å². The standard InChI is InChI=1S/C8H5BrN2O/c9-8(11-12)7-4-2-1-3-6(7)5-10/h1-4,12H/b11-8-. The van der Waals surface area contributed by atoms with E-state index in [0.29, 0.717) is 11.1 Å². The second-order valence-corrected chi connectivity index (χ2v) is 2.80. The van der Waals surface area contributed by atoms with Gasteiger partial charge in [0.1, 0.15) is 0 Å². The summed E-state index contributed by atoms with van der Waals surface area (Å²) in [6.45, 7) is 0. The minimum Gasteiger partial charge on any atom is -0.410 e. The molecule has 0 aliphatic carbocycles. The van der Waals surface area contributed by atoms with Gasteiger partial charge in [0.05, 0.1) is 11.6 Å². The molecule has 0 aromatic heterocycles. The lowest BCUT2D eigenvalue weighted by Crippen LogP contribution is -1.93. The molecule has 0 aliphatic rings. The van der Waals surface area contributed by atoms with Crippen LogP contribution >= 0.6 is 15.9 Å². The maximum absolute atomic E-state index is 8.66. The lowest BCUT2D eigenvalue weighted by Gasteiger charge is -1.97. The molecule has 3 nitrogen and oxygen atoms in total. The van der Waals surface area contributed by atoms with Crippen LogP contribution in [0.15, 0.2) is 29.4 Å². The highest BCUT2D eigenvalue weighted by Crippen LogP contribution is 2.11. The zero-order valence-electron chi connectivity index (χ0n) is 6.03. The van der Waals surface area contributed by atoms with Gasteiger partial charge in [-0.05, 0) is 22.0 Å². The summed E-state index contributed by atoms with van der Waals surface area (Å²) < 4.78 is 0.264. The molecule has 12 heavy (non-hydrogen) atoms. The van der Waals surface area contributed by atoms with Gasteiger partial charge >= 0.3 is 0 Å². The Morgan fingerprint density at radius 3 is 2.75 bits per heavy atom. The van der Waals surface area contributed by atoms with E-state index in [9.17, 15) is 0 Å². The SMILES string of the molecule is N#Cc1ccccc1/C(Br)=N/O. The highest BCUT2D eigenvalue weighted by atomic mass is 79.9. The van der Waals surface area contributed by atoms with E-state index in [1.165, 1.54) is 0 Å². The molecule has 0 fully saturated rings. The number of hydrogen-bond acceptors (Lipinski definition) is 3. The van der Waals surface area contributed by atoms with Crippen LogP contribution < -0.4 is 0 Å². The highest BCUT2D eigenvalue weighted by Gasteiger charge is 2.04. The number of nitriles is 1. The summed E-state index contributed by atoms with van der Waals surface area (Å²) in [6, 6.07) is 8.86. The van der Waals surface area contributed by atoms with E-state index < -0.39 is 0 Å². The maximum atomic E-state index is 8.66. The van der Waals surface area contributed by atoms with Crippen LogP contribution in [-0.4, -0.2) is 9.83 Å². The Morgan fingerprint density at radius 1 is 1.50 bits per heavy atom. The summed E-state index contributed by atoms with van der Waals surface area (Å²) in [7, 11) is 0. The largest absolute Gasteiger partial charge is 0.410 e. The van der Waals surface area contributed by atoms with E-state index in [1.54, 1.807) is 24.3 Å². The van der Waals surface area contributed by atoms with Crippen molar-refractivity contribution in [1.82, 2.24) is 0 Å². The average molecular weight is 225 g/mol. The predicted octanol–water partition coefficient (Wildman–Crippen LogP) is 2.09. The van der Waals surface area contributed by atoms with Gasteiger partial charge < -0.3 is 5.21 Å². The first-order chi connectivity index (χ1) is 5.79. The van der Waals surface area contributed by atoms with Crippen LogP contribution in [0, 0.1) is 11.3 Å². The second-order valence-electron chi connectivity index (χ2n) is 2.05. The van der Waals surface area contributed by atoms with E-state index in [0.717, 1.165) is 0 Å². The molecular weight excluding hydrogens is 220 g/mol. The molecule has 0 saturated carbocycles. The van der Waals surface area contributed by atoms with Gasteiger partial charge in [-0.25, -0.2) is 0 Å². The second kappa shape index (κ2) is 3.88. The van der Waals surface area contributed by atoms with Crippen LogP contribution in [0.25, 0.3) is 0 Å². The molecule has 0 unspecified atom stereocenters. The number of hydrogen-bond donors (Lipinski definition) is 1. The van der Waals surface area contributed by atoms with Crippen molar-refractivity contribution in [1.29, 1.82) is 5.26 Å². The minimum absolute atomic E-state index is 0.264. The third kappa shape index (κ3) is 1.63. The van der Waals surface area contributed by atoms with E-state index in [4.69, 9.17) is 10.5 Å². The zero-order chi connectivity index (χ0) is 8.97. The van der Waals surface area contributed by atoms with E-state index >= 15 is 0 Å². The number of oxime groups is 1. The number of benzene rings is 1. The predicted molar refractivity (Wildman–Crippen MR) is 48.4 cm³/mol. The van der Waals surface area contributed by atoms with Crippen molar-refractivity contribution in [2.24, 2.45) is 5.16 Å². The molecule has 0 amide bonds. The van der Waals surface area contributed by atoms with E-state index in [1.807, 2.05) is 6.07 Å². The van der Waals surface area contributed by atoms with Gasteiger partial charge in [0.2, 0.25) is 0 Å². The quantitative estimate of drug-likeness (QED) is 0.452. The molecule has 0 heterocycles. The molecule has 1 aromatic rings. The maximum Gasteiger partial charge on any atom is 0.153 e. The summed E-state index contributed by atoms with van der Waals surface area (Å²) in [5, 5.41) is 20.0. The Kier molecular flexibility index (Phi) is 2.83. The highest BCUT2D eigenvalue weighted by molar-refractivity contribution is 9.18. The molecule has 1 aromatic carbocycles. The molecule has 60 valence electrons. The van der Waals surface area contributed by atoms with Crippen molar-refractivity contribution in [2.45, 2.75) is 0 Å².